The van der Waals surface area contributed by atoms with E-state index in [1.165, 1.54) is 16.1 Å². The first kappa shape index (κ1) is 23.8. The molecule has 0 aliphatic carbocycles. The zero-order valence-corrected chi connectivity index (χ0v) is 20.5. The highest BCUT2D eigenvalue weighted by molar-refractivity contribution is 8.13. The molecule has 0 amide bonds. The van der Waals surface area contributed by atoms with Gasteiger partial charge in [0.25, 0.3) is 10.0 Å². The van der Waals surface area contributed by atoms with E-state index in [0.29, 0.717) is 28.7 Å². The molecule has 0 atom stereocenters. The molecule has 0 saturated carbocycles. The van der Waals surface area contributed by atoms with E-state index in [1.54, 1.807) is 43.5 Å². The third-order valence-corrected chi connectivity index (χ3v) is 9.32. The summed E-state index contributed by atoms with van der Waals surface area (Å²) in [4.78, 5) is 2.29. The highest BCUT2D eigenvalue weighted by Crippen LogP contribution is 2.24. The van der Waals surface area contributed by atoms with Crippen molar-refractivity contribution in [3.05, 3.63) is 59.2 Å². The minimum absolute atomic E-state index is 0.140. The van der Waals surface area contributed by atoms with E-state index >= 15 is 0 Å². The van der Waals surface area contributed by atoms with Gasteiger partial charge in [0.15, 0.2) is 5.17 Å². The zero-order valence-electron chi connectivity index (χ0n) is 18.1. The number of amidine groups is 1. The van der Waals surface area contributed by atoms with Crippen molar-refractivity contribution in [3.63, 3.8) is 0 Å². The molecule has 7 nitrogen and oxygen atoms in total. The highest BCUT2D eigenvalue weighted by Gasteiger charge is 2.31. The van der Waals surface area contributed by atoms with Crippen LogP contribution in [0, 0.1) is 20.8 Å². The van der Waals surface area contributed by atoms with Gasteiger partial charge in [0.05, 0.1) is 9.79 Å². The standard InChI is InChI=1S/C21H27N3O4S3/c1-16-6-9-19(10-7-16)30(25,26)22-21(29-4)23-11-13-24(14-12-23)31(27,28)20-15-17(2)5-8-18(20)3/h5-10,15H,11-14H2,1-4H3/b22-21+. The minimum Gasteiger partial charge on any atom is -0.348 e. The molecular weight excluding hydrogens is 454 g/mol. The first-order chi connectivity index (χ1) is 14.5. The average molecular weight is 482 g/mol. The lowest BCUT2D eigenvalue weighted by molar-refractivity contribution is 0.269. The Morgan fingerprint density at radius 3 is 2.03 bits per heavy atom. The molecule has 0 spiro atoms. The van der Waals surface area contributed by atoms with Gasteiger partial charge in [-0.3, -0.25) is 0 Å². The van der Waals surface area contributed by atoms with Crippen molar-refractivity contribution >= 4 is 37.0 Å². The van der Waals surface area contributed by atoms with Gasteiger partial charge in [-0.25, -0.2) is 8.42 Å². The monoisotopic (exact) mass is 481 g/mol. The zero-order chi connectivity index (χ0) is 22.8. The first-order valence-electron chi connectivity index (χ1n) is 9.82. The SMILES string of the molecule is CS/C(=N/S(=O)(=O)c1ccc(C)cc1)N1CCN(S(=O)(=O)c2cc(C)ccc2C)CC1. The molecule has 0 aromatic heterocycles. The summed E-state index contributed by atoms with van der Waals surface area (Å²) in [7, 11) is -7.45. The van der Waals surface area contributed by atoms with Crippen molar-refractivity contribution in [2.75, 3.05) is 32.4 Å². The van der Waals surface area contributed by atoms with Gasteiger partial charge in [0.2, 0.25) is 10.0 Å². The molecule has 0 N–H and O–H groups in total. The molecule has 2 aromatic rings. The minimum atomic E-state index is -3.84. The van der Waals surface area contributed by atoms with Crippen LogP contribution in [0.15, 0.2) is 56.7 Å². The van der Waals surface area contributed by atoms with E-state index in [-0.39, 0.29) is 18.0 Å². The summed E-state index contributed by atoms with van der Waals surface area (Å²) < 4.78 is 57.1. The van der Waals surface area contributed by atoms with Gasteiger partial charge in [0, 0.05) is 26.2 Å². The Labute approximate surface area is 189 Å². The Balaban J connectivity index is 1.78. The molecule has 1 fully saturated rings. The topological polar surface area (TPSA) is 87.1 Å². The molecule has 1 saturated heterocycles. The predicted octanol–water partition coefficient (Wildman–Crippen LogP) is 3.03. The molecule has 0 bridgehead atoms. The van der Waals surface area contributed by atoms with Gasteiger partial charge in [0.1, 0.15) is 0 Å². The van der Waals surface area contributed by atoms with E-state index in [2.05, 4.69) is 4.40 Å². The summed E-state index contributed by atoms with van der Waals surface area (Å²) in [6.07, 6.45) is 1.77. The van der Waals surface area contributed by atoms with Crippen LogP contribution < -0.4 is 0 Å². The van der Waals surface area contributed by atoms with Crippen molar-refractivity contribution in [1.29, 1.82) is 0 Å². The van der Waals surface area contributed by atoms with Crippen LogP contribution in [0.4, 0.5) is 0 Å². The van der Waals surface area contributed by atoms with Gasteiger partial charge in [-0.05, 0) is 56.4 Å². The Kier molecular flexibility index (Phi) is 7.14. The van der Waals surface area contributed by atoms with Gasteiger partial charge in [-0.15, -0.1) is 4.40 Å². The number of rotatable bonds is 4. The lowest BCUT2D eigenvalue weighted by atomic mass is 10.2. The van der Waals surface area contributed by atoms with E-state index in [9.17, 15) is 16.8 Å². The maximum Gasteiger partial charge on any atom is 0.284 e. The summed E-state index contributed by atoms with van der Waals surface area (Å²) in [6.45, 7) is 6.81. The van der Waals surface area contributed by atoms with Crippen molar-refractivity contribution < 1.29 is 16.8 Å². The number of benzene rings is 2. The highest BCUT2D eigenvalue weighted by atomic mass is 32.2. The molecule has 10 heteroatoms. The second-order valence-electron chi connectivity index (χ2n) is 7.53. The lowest BCUT2D eigenvalue weighted by Crippen LogP contribution is -2.50. The van der Waals surface area contributed by atoms with Gasteiger partial charge < -0.3 is 4.90 Å². The average Bonchev–Trinajstić information content (AvgIpc) is 2.74. The summed E-state index contributed by atoms with van der Waals surface area (Å²) in [5.74, 6) is 0. The maximum absolute atomic E-state index is 13.1. The molecule has 168 valence electrons. The Morgan fingerprint density at radius 2 is 1.45 bits per heavy atom. The molecule has 1 aliphatic heterocycles. The predicted molar refractivity (Wildman–Crippen MR) is 126 cm³/mol. The fraction of sp³-hybridized carbons (Fsp3) is 0.381. The molecule has 0 radical (unpaired) electrons. The number of thioether (sulfide) groups is 1. The Hall–Kier alpha value is -1.88. The van der Waals surface area contributed by atoms with Gasteiger partial charge in [-0.1, -0.05) is 41.6 Å². The summed E-state index contributed by atoms with van der Waals surface area (Å²) in [6, 6.07) is 12.0. The number of aryl methyl sites for hydroxylation is 3. The van der Waals surface area contributed by atoms with E-state index in [0.717, 1.165) is 11.1 Å². The molecule has 1 aliphatic rings. The second kappa shape index (κ2) is 9.32. The fourth-order valence-electron chi connectivity index (χ4n) is 3.33. The lowest BCUT2D eigenvalue weighted by Gasteiger charge is -2.35. The number of sulfonamides is 2. The van der Waals surface area contributed by atoms with E-state index < -0.39 is 20.0 Å². The summed E-state index contributed by atoms with van der Waals surface area (Å²) >= 11 is 1.24. The third kappa shape index (κ3) is 5.31. The van der Waals surface area contributed by atoms with Crippen LogP contribution in [-0.2, 0) is 20.0 Å². The van der Waals surface area contributed by atoms with Crippen molar-refractivity contribution in [3.8, 4) is 0 Å². The quantitative estimate of drug-likeness (QED) is 0.493. The summed E-state index contributed by atoms with van der Waals surface area (Å²) in [5, 5.41) is 0.365. The summed E-state index contributed by atoms with van der Waals surface area (Å²) in [5.41, 5.74) is 2.57. The van der Waals surface area contributed by atoms with Crippen LogP contribution in [0.25, 0.3) is 0 Å². The second-order valence-corrected chi connectivity index (χ2v) is 11.8. The smallest absolute Gasteiger partial charge is 0.284 e. The first-order valence-corrected chi connectivity index (χ1v) is 13.9. The van der Waals surface area contributed by atoms with Gasteiger partial charge in [-0.2, -0.15) is 12.7 Å². The molecule has 0 unspecified atom stereocenters. The molecule has 31 heavy (non-hydrogen) atoms. The van der Waals surface area contributed by atoms with E-state index in [4.69, 9.17) is 0 Å². The van der Waals surface area contributed by atoms with Crippen molar-refractivity contribution in [2.45, 2.75) is 30.6 Å². The Bertz CT molecular complexity index is 1180. The molecular formula is C21H27N3O4S3. The van der Waals surface area contributed by atoms with Crippen molar-refractivity contribution in [2.24, 2.45) is 4.40 Å². The number of nitrogens with zero attached hydrogens (tertiary/aromatic N) is 3. The fourth-order valence-corrected chi connectivity index (χ4v) is 7.01. The van der Waals surface area contributed by atoms with Crippen LogP contribution in [0.1, 0.15) is 16.7 Å². The Morgan fingerprint density at radius 1 is 0.871 bits per heavy atom. The largest absolute Gasteiger partial charge is 0.348 e. The van der Waals surface area contributed by atoms with Gasteiger partial charge >= 0.3 is 0 Å². The normalized spacial score (nSPS) is 16.5. The third-order valence-electron chi connectivity index (χ3n) is 5.17. The van der Waals surface area contributed by atoms with Crippen LogP contribution >= 0.6 is 11.8 Å². The van der Waals surface area contributed by atoms with Crippen LogP contribution in [0.5, 0.6) is 0 Å². The molecule has 3 rings (SSSR count). The molecule has 2 aromatic carbocycles. The van der Waals surface area contributed by atoms with Crippen molar-refractivity contribution in [1.82, 2.24) is 9.21 Å². The maximum atomic E-state index is 13.1. The molecule has 1 heterocycles. The van der Waals surface area contributed by atoms with Crippen LogP contribution in [0.3, 0.4) is 0 Å². The number of piperazine rings is 1. The van der Waals surface area contributed by atoms with Crippen LogP contribution in [0.2, 0.25) is 0 Å². The van der Waals surface area contributed by atoms with Crippen LogP contribution in [-0.4, -0.2) is 63.6 Å². The number of hydrogen-bond donors (Lipinski definition) is 0. The number of hydrogen-bond acceptors (Lipinski definition) is 5. The van der Waals surface area contributed by atoms with E-state index in [1.807, 2.05) is 30.9 Å².